The SMILES string of the molecule is C[C@@H]1CN([C@H](C)C(=O)Nc2sccc2C(N)=O)CCO1. The first kappa shape index (κ1) is 15.0. The normalized spacial score (nSPS) is 21.4. The highest BCUT2D eigenvalue weighted by molar-refractivity contribution is 7.14. The van der Waals surface area contributed by atoms with Crippen LogP contribution in [0, 0.1) is 0 Å². The number of nitrogens with zero attached hydrogens (tertiary/aromatic N) is 1. The predicted molar refractivity (Wildman–Crippen MR) is 77.9 cm³/mol. The van der Waals surface area contributed by atoms with Gasteiger partial charge in [0.25, 0.3) is 5.91 Å². The minimum absolute atomic E-state index is 0.127. The van der Waals surface area contributed by atoms with E-state index in [0.29, 0.717) is 17.2 Å². The van der Waals surface area contributed by atoms with Crippen LogP contribution in [-0.2, 0) is 9.53 Å². The summed E-state index contributed by atoms with van der Waals surface area (Å²) in [4.78, 5) is 25.6. The van der Waals surface area contributed by atoms with Crippen LogP contribution in [0.4, 0.5) is 5.00 Å². The Bertz CT molecular complexity index is 503. The summed E-state index contributed by atoms with van der Waals surface area (Å²) in [6, 6.07) is 1.34. The van der Waals surface area contributed by atoms with Crippen LogP contribution in [0.25, 0.3) is 0 Å². The Labute approximate surface area is 121 Å². The first-order valence-corrected chi connectivity index (χ1v) is 7.41. The molecule has 1 aromatic heterocycles. The maximum Gasteiger partial charge on any atom is 0.251 e. The number of primary amides is 1. The monoisotopic (exact) mass is 297 g/mol. The molecule has 0 aromatic carbocycles. The first-order chi connectivity index (χ1) is 9.49. The van der Waals surface area contributed by atoms with Gasteiger partial charge in [-0.15, -0.1) is 11.3 Å². The number of nitrogens with two attached hydrogens (primary N) is 1. The lowest BCUT2D eigenvalue weighted by Gasteiger charge is -2.34. The lowest BCUT2D eigenvalue weighted by atomic mass is 10.2. The van der Waals surface area contributed by atoms with E-state index < -0.39 is 5.91 Å². The number of ether oxygens (including phenoxy) is 1. The molecule has 110 valence electrons. The molecule has 2 atom stereocenters. The van der Waals surface area contributed by atoms with E-state index in [1.807, 2.05) is 13.8 Å². The number of amides is 2. The molecule has 0 radical (unpaired) electrons. The highest BCUT2D eigenvalue weighted by Crippen LogP contribution is 2.23. The predicted octanol–water partition coefficient (Wildman–Crippen LogP) is 0.895. The topological polar surface area (TPSA) is 84.7 Å². The molecule has 0 bridgehead atoms. The van der Waals surface area contributed by atoms with Gasteiger partial charge in [0, 0.05) is 13.1 Å². The van der Waals surface area contributed by atoms with Crippen molar-refractivity contribution in [2.45, 2.75) is 26.0 Å². The van der Waals surface area contributed by atoms with Crippen molar-refractivity contribution >= 4 is 28.2 Å². The zero-order valence-electron chi connectivity index (χ0n) is 11.6. The molecule has 2 rings (SSSR count). The van der Waals surface area contributed by atoms with Crippen LogP contribution in [0.2, 0.25) is 0 Å². The molecule has 0 aliphatic carbocycles. The summed E-state index contributed by atoms with van der Waals surface area (Å²) in [6.07, 6.45) is 0.127. The number of anilines is 1. The molecule has 0 spiro atoms. The van der Waals surface area contributed by atoms with Crippen molar-refractivity contribution in [1.82, 2.24) is 4.90 Å². The summed E-state index contributed by atoms with van der Waals surface area (Å²) in [6.45, 7) is 5.92. The highest BCUT2D eigenvalue weighted by atomic mass is 32.1. The Hall–Kier alpha value is -1.44. The summed E-state index contributed by atoms with van der Waals surface area (Å²) in [7, 11) is 0. The van der Waals surface area contributed by atoms with Crippen molar-refractivity contribution in [3.05, 3.63) is 17.0 Å². The van der Waals surface area contributed by atoms with E-state index >= 15 is 0 Å². The molecular formula is C13H19N3O3S. The number of nitrogens with one attached hydrogen (secondary N) is 1. The Morgan fingerprint density at radius 2 is 2.35 bits per heavy atom. The molecule has 1 aromatic rings. The zero-order chi connectivity index (χ0) is 14.7. The maximum absolute atomic E-state index is 12.3. The Morgan fingerprint density at radius 1 is 1.60 bits per heavy atom. The van der Waals surface area contributed by atoms with Gasteiger partial charge in [-0.25, -0.2) is 0 Å². The molecule has 7 heteroatoms. The number of thiophene rings is 1. The molecule has 20 heavy (non-hydrogen) atoms. The van der Waals surface area contributed by atoms with Gasteiger partial charge in [-0.05, 0) is 25.3 Å². The first-order valence-electron chi connectivity index (χ1n) is 6.53. The zero-order valence-corrected chi connectivity index (χ0v) is 12.4. The Kier molecular flexibility index (Phi) is 4.74. The molecule has 1 aliphatic heterocycles. The van der Waals surface area contributed by atoms with E-state index in [1.165, 1.54) is 11.3 Å². The van der Waals surface area contributed by atoms with Crippen molar-refractivity contribution < 1.29 is 14.3 Å². The summed E-state index contributed by atoms with van der Waals surface area (Å²) in [5.41, 5.74) is 5.61. The summed E-state index contributed by atoms with van der Waals surface area (Å²) >= 11 is 1.29. The second-order valence-corrected chi connectivity index (χ2v) is 5.79. The van der Waals surface area contributed by atoms with Crippen molar-refractivity contribution in [3.63, 3.8) is 0 Å². The van der Waals surface area contributed by atoms with Gasteiger partial charge >= 0.3 is 0 Å². The number of carbonyl (C=O) groups excluding carboxylic acids is 2. The summed E-state index contributed by atoms with van der Waals surface area (Å²) in [5.74, 6) is -0.668. The van der Waals surface area contributed by atoms with Gasteiger partial charge < -0.3 is 15.8 Å². The average molecular weight is 297 g/mol. The van der Waals surface area contributed by atoms with E-state index in [4.69, 9.17) is 10.5 Å². The van der Waals surface area contributed by atoms with Gasteiger partial charge in [-0.2, -0.15) is 0 Å². The third-order valence-corrected chi connectivity index (χ3v) is 4.20. The highest BCUT2D eigenvalue weighted by Gasteiger charge is 2.26. The van der Waals surface area contributed by atoms with E-state index in [-0.39, 0.29) is 18.1 Å². The lowest BCUT2D eigenvalue weighted by molar-refractivity contribution is -0.123. The molecule has 2 heterocycles. The van der Waals surface area contributed by atoms with Crippen LogP contribution in [-0.4, -0.2) is 48.6 Å². The van der Waals surface area contributed by atoms with Crippen molar-refractivity contribution in [2.24, 2.45) is 5.73 Å². The van der Waals surface area contributed by atoms with Gasteiger partial charge in [0.2, 0.25) is 5.91 Å². The molecule has 3 N–H and O–H groups in total. The van der Waals surface area contributed by atoms with Gasteiger partial charge in [0.15, 0.2) is 0 Å². The molecule has 1 fully saturated rings. The van der Waals surface area contributed by atoms with Gasteiger partial charge in [0.05, 0.1) is 24.3 Å². The fourth-order valence-electron chi connectivity index (χ4n) is 2.18. The quantitative estimate of drug-likeness (QED) is 0.864. The van der Waals surface area contributed by atoms with Crippen molar-refractivity contribution in [2.75, 3.05) is 25.0 Å². The van der Waals surface area contributed by atoms with Crippen LogP contribution >= 0.6 is 11.3 Å². The molecule has 0 saturated carbocycles. The minimum atomic E-state index is -0.533. The van der Waals surface area contributed by atoms with Crippen LogP contribution in [0.5, 0.6) is 0 Å². The van der Waals surface area contributed by atoms with Gasteiger partial charge in [-0.3, -0.25) is 14.5 Å². The third kappa shape index (κ3) is 3.36. The smallest absolute Gasteiger partial charge is 0.251 e. The van der Waals surface area contributed by atoms with Crippen LogP contribution in [0.3, 0.4) is 0 Å². The number of rotatable bonds is 4. The molecular weight excluding hydrogens is 278 g/mol. The van der Waals surface area contributed by atoms with Crippen molar-refractivity contribution in [1.29, 1.82) is 0 Å². The maximum atomic E-state index is 12.3. The van der Waals surface area contributed by atoms with E-state index in [0.717, 1.165) is 13.1 Å². The van der Waals surface area contributed by atoms with Gasteiger partial charge in [0.1, 0.15) is 5.00 Å². The largest absolute Gasteiger partial charge is 0.376 e. The van der Waals surface area contributed by atoms with E-state index in [1.54, 1.807) is 11.4 Å². The second-order valence-electron chi connectivity index (χ2n) is 4.87. The molecule has 1 aliphatic rings. The third-order valence-electron chi connectivity index (χ3n) is 3.37. The Balaban J connectivity index is 2.00. The van der Waals surface area contributed by atoms with Crippen LogP contribution in [0.15, 0.2) is 11.4 Å². The molecule has 6 nitrogen and oxygen atoms in total. The fourth-order valence-corrected chi connectivity index (χ4v) is 2.97. The molecule has 1 saturated heterocycles. The van der Waals surface area contributed by atoms with Crippen LogP contribution < -0.4 is 11.1 Å². The molecule has 2 amide bonds. The van der Waals surface area contributed by atoms with Gasteiger partial charge in [-0.1, -0.05) is 0 Å². The van der Waals surface area contributed by atoms with E-state index in [9.17, 15) is 9.59 Å². The lowest BCUT2D eigenvalue weighted by Crippen LogP contribution is -2.50. The minimum Gasteiger partial charge on any atom is -0.376 e. The standard InChI is InChI=1S/C13H19N3O3S/c1-8-7-16(4-5-19-8)9(2)12(18)15-13-10(11(14)17)3-6-20-13/h3,6,8-9H,4-5,7H2,1-2H3,(H2,14,17)(H,15,18)/t8-,9-/m1/s1. The molecule has 0 unspecified atom stereocenters. The average Bonchev–Trinajstić information content (AvgIpc) is 2.86. The van der Waals surface area contributed by atoms with Crippen molar-refractivity contribution in [3.8, 4) is 0 Å². The number of hydrogen-bond donors (Lipinski definition) is 2. The fraction of sp³-hybridized carbons (Fsp3) is 0.538. The number of carbonyl (C=O) groups is 2. The summed E-state index contributed by atoms with van der Waals surface area (Å²) in [5, 5.41) is 5.02. The summed E-state index contributed by atoms with van der Waals surface area (Å²) < 4.78 is 5.46. The second kappa shape index (κ2) is 6.34. The number of morpholine rings is 1. The van der Waals surface area contributed by atoms with E-state index in [2.05, 4.69) is 10.2 Å². The Morgan fingerprint density at radius 3 is 3.00 bits per heavy atom. The van der Waals surface area contributed by atoms with Crippen LogP contribution in [0.1, 0.15) is 24.2 Å². The number of hydrogen-bond acceptors (Lipinski definition) is 5.